The molecule has 0 aliphatic heterocycles. The highest BCUT2D eigenvalue weighted by molar-refractivity contribution is 6.31. The molecule has 0 radical (unpaired) electrons. The van der Waals surface area contributed by atoms with E-state index in [1.807, 2.05) is 0 Å². The van der Waals surface area contributed by atoms with E-state index in [9.17, 15) is 9.18 Å². The minimum absolute atomic E-state index is 0.0889. The predicted octanol–water partition coefficient (Wildman–Crippen LogP) is 4.75. The first-order valence-electron chi connectivity index (χ1n) is 8.95. The third kappa shape index (κ3) is 4.46. The third-order valence-corrected chi connectivity index (χ3v) is 4.78. The molecule has 1 amide bonds. The number of rotatable bonds is 7. The van der Waals surface area contributed by atoms with Gasteiger partial charge in [-0.1, -0.05) is 23.7 Å². The average Bonchev–Trinajstić information content (AvgIpc) is 2.77. The zero-order valence-electron chi connectivity index (χ0n) is 16.7. The predicted molar refractivity (Wildman–Crippen MR) is 112 cm³/mol. The maximum atomic E-state index is 13.5. The molecule has 6 nitrogen and oxygen atoms in total. The molecule has 1 aromatic heterocycles. The van der Waals surface area contributed by atoms with Gasteiger partial charge < -0.3 is 14.2 Å². The molecule has 0 fully saturated rings. The topological polar surface area (TPSA) is 60.9 Å². The molecule has 0 atom stereocenters. The van der Waals surface area contributed by atoms with Gasteiger partial charge in [0.1, 0.15) is 11.6 Å². The van der Waals surface area contributed by atoms with E-state index >= 15 is 0 Å². The molecule has 2 aromatic carbocycles. The van der Waals surface area contributed by atoms with E-state index in [1.54, 1.807) is 36.5 Å². The normalized spacial score (nSPS) is 10.4. The van der Waals surface area contributed by atoms with Crippen LogP contribution in [0, 0.1) is 5.82 Å². The van der Waals surface area contributed by atoms with Crippen LogP contribution in [0.3, 0.4) is 0 Å². The highest BCUT2D eigenvalue weighted by Crippen LogP contribution is 2.39. The standard InChI is InChI=1S/C22H20ClFN2O4/c1-28-18-10-15(11-19(29-2)21(18)30-3)22(27)26(20-6-4-5-9-25-20)13-14-7-8-16(24)12-17(14)23/h4-12H,13H2,1-3H3. The van der Waals surface area contributed by atoms with Gasteiger partial charge in [0, 0.05) is 16.8 Å². The minimum atomic E-state index is -0.455. The van der Waals surface area contributed by atoms with Gasteiger partial charge in [-0.3, -0.25) is 9.69 Å². The largest absolute Gasteiger partial charge is 0.493 e. The van der Waals surface area contributed by atoms with Crippen LogP contribution < -0.4 is 19.1 Å². The van der Waals surface area contributed by atoms with Gasteiger partial charge in [0.15, 0.2) is 11.5 Å². The number of ether oxygens (including phenoxy) is 3. The summed E-state index contributed by atoms with van der Waals surface area (Å²) >= 11 is 6.19. The lowest BCUT2D eigenvalue weighted by Gasteiger charge is -2.23. The van der Waals surface area contributed by atoms with Crippen molar-refractivity contribution >= 4 is 23.3 Å². The Morgan fingerprint density at radius 3 is 2.27 bits per heavy atom. The van der Waals surface area contributed by atoms with Crippen molar-refractivity contribution in [1.29, 1.82) is 0 Å². The Bertz CT molecular complexity index is 1020. The summed E-state index contributed by atoms with van der Waals surface area (Å²) < 4.78 is 29.5. The van der Waals surface area contributed by atoms with Crippen molar-refractivity contribution < 1.29 is 23.4 Å². The number of methoxy groups -OCH3 is 3. The molecule has 0 spiro atoms. The Hall–Kier alpha value is -3.32. The summed E-state index contributed by atoms with van der Waals surface area (Å²) in [5.41, 5.74) is 0.873. The fourth-order valence-corrected chi connectivity index (χ4v) is 3.18. The number of carbonyl (C=O) groups is 1. The summed E-state index contributed by atoms with van der Waals surface area (Å²) in [5, 5.41) is 0.216. The van der Waals surface area contributed by atoms with Gasteiger partial charge in [-0.05, 0) is 42.0 Å². The van der Waals surface area contributed by atoms with Gasteiger partial charge in [-0.2, -0.15) is 0 Å². The van der Waals surface area contributed by atoms with Crippen LogP contribution in [0.5, 0.6) is 17.2 Å². The van der Waals surface area contributed by atoms with Gasteiger partial charge in [0.2, 0.25) is 5.75 Å². The van der Waals surface area contributed by atoms with Crippen molar-refractivity contribution in [2.45, 2.75) is 6.54 Å². The van der Waals surface area contributed by atoms with E-state index in [0.29, 0.717) is 34.2 Å². The van der Waals surface area contributed by atoms with Crippen LogP contribution in [-0.2, 0) is 6.54 Å². The van der Waals surface area contributed by atoms with Crippen molar-refractivity contribution in [3.8, 4) is 17.2 Å². The molecule has 0 unspecified atom stereocenters. The Kier molecular flexibility index (Phi) is 6.74. The first-order chi connectivity index (χ1) is 14.5. The van der Waals surface area contributed by atoms with Crippen LogP contribution in [0.2, 0.25) is 5.02 Å². The molecule has 0 bridgehead atoms. The molecule has 1 heterocycles. The van der Waals surface area contributed by atoms with Gasteiger partial charge in [-0.15, -0.1) is 0 Å². The number of hydrogen-bond donors (Lipinski definition) is 0. The van der Waals surface area contributed by atoms with Crippen molar-refractivity contribution in [2.24, 2.45) is 0 Å². The lowest BCUT2D eigenvalue weighted by atomic mass is 10.1. The lowest BCUT2D eigenvalue weighted by molar-refractivity contribution is 0.0983. The summed E-state index contributed by atoms with van der Waals surface area (Å²) in [6, 6.07) is 12.4. The number of benzene rings is 2. The first kappa shape index (κ1) is 21.4. The second-order valence-electron chi connectivity index (χ2n) is 6.23. The molecule has 0 N–H and O–H groups in total. The number of anilines is 1. The highest BCUT2D eigenvalue weighted by Gasteiger charge is 2.24. The maximum absolute atomic E-state index is 13.5. The average molecular weight is 431 g/mol. The molecule has 0 aliphatic rings. The molecule has 0 saturated carbocycles. The van der Waals surface area contributed by atoms with E-state index in [4.69, 9.17) is 25.8 Å². The van der Waals surface area contributed by atoms with E-state index in [1.165, 1.54) is 44.4 Å². The van der Waals surface area contributed by atoms with Crippen LogP contribution in [0.25, 0.3) is 0 Å². The summed E-state index contributed by atoms with van der Waals surface area (Å²) in [6.07, 6.45) is 1.58. The SMILES string of the molecule is COc1cc(C(=O)N(Cc2ccc(F)cc2Cl)c2ccccn2)cc(OC)c1OC. The zero-order chi connectivity index (χ0) is 21.7. The zero-order valence-corrected chi connectivity index (χ0v) is 17.4. The lowest BCUT2D eigenvalue weighted by Crippen LogP contribution is -2.31. The molecule has 0 aliphatic carbocycles. The van der Waals surface area contributed by atoms with Crippen molar-refractivity contribution in [3.05, 3.63) is 76.7 Å². The Balaban J connectivity index is 2.07. The molecular formula is C22H20ClFN2O4. The van der Waals surface area contributed by atoms with E-state index in [-0.39, 0.29) is 17.5 Å². The molecule has 156 valence electrons. The van der Waals surface area contributed by atoms with E-state index < -0.39 is 5.82 Å². The van der Waals surface area contributed by atoms with Crippen molar-refractivity contribution in [1.82, 2.24) is 4.98 Å². The van der Waals surface area contributed by atoms with Crippen LogP contribution in [0.15, 0.2) is 54.7 Å². The monoisotopic (exact) mass is 430 g/mol. The summed E-state index contributed by atoms with van der Waals surface area (Å²) in [7, 11) is 4.43. The second kappa shape index (κ2) is 9.45. The third-order valence-electron chi connectivity index (χ3n) is 4.43. The number of halogens is 2. The smallest absolute Gasteiger partial charge is 0.260 e. The molecule has 0 saturated heterocycles. The van der Waals surface area contributed by atoms with Gasteiger partial charge >= 0.3 is 0 Å². The maximum Gasteiger partial charge on any atom is 0.260 e. The summed E-state index contributed by atoms with van der Waals surface area (Å²) in [4.78, 5) is 19.2. The van der Waals surface area contributed by atoms with Gasteiger partial charge in [0.25, 0.3) is 5.91 Å². The van der Waals surface area contributed by atoms with Crippen LogP contribution in [-0.4, -0.2) is 32.2 Å². The molecule has 8 heteroatoms. The van der Waals surface area contributed by atoms with Crippen LogP contribution >= 0.6 is 11.6 Å². The molecule has 30 heavy (non-hydrogen) atoms. The molecular weight excluding hydrogens is 411 g/mol. The fourth-order valence-electron chi connectivity index (χ4n) is 2.95. The Morgan fingerprint density at radius 2 is 1.73 bits per heavy atom. The van der Waals surface area contributed by atoms with Crippen molar-refractivity contribution in [2.75, 3.05) is 26.2 Å². The van der Waals surface area contributed by atoms with Crippen molar-refractivity contribution in [3.63, 3.8) is 0 Å². The minimum Gasteiger partial charge on any atom is -0.493 e. The number of pyridine rings is 1. The van der Waals surface area contributed by atoms with Crippen LogP contribution in [0.1, 0.15) is 15.9 Å². The Labute approximate surface area is 178 Å². The first-order valence-corrected chi connectivity index (χ1v) is 9.33. The molecule has 3 aromatic rings. The number of hydrogen-bond acceptors (Lipinski definition) is 5. The second-order valence-corrected chi connectivity index (χ2v) is 6.64. The van der Waals surface area contributed by atoms with Gasteiger partial charge in [-0.25, -0.2) is 9.37 Å². The highest BCUT2D eigenvalue weighted by atomic mass is 35.5. The Morgan fingerprint density at radius 1 is 1.03 bits per heavy atom. The summed E-state index contributed by atoms with van der Waals surface area (Å²) in [6.45, 7) is 0.0889. The summed E-state index contributed by atoms with van der Waals surface area (Å²) in [5.74, 6) is 0.665. The number of amides is 1. The number of aromatic nitrogens is 1. The molecule has 3 rings (SSSR count). The van der Waals surface area contributed by atoms with Gasteiger partial charge in [0.05, 0.1) is 27.9 Å². The van der Waals surface area contributed by atoms with E-state index in [0.717, 1.165) is 0 Å². The number of nitrogens with zero attached hydrogens (tertiary/aromatic N) is 2. The fraction of sp³-hybridized carbons (Fsp3) is 0.182. The van der Waals surface area contributed by atoms with E-state index in [2.05, 4.69) is 4.98 Å². The quantitative estimate of drug-likeness (QED) is 0.541. The van der Waals surface area contributed by atoms with Crippen LogP contribution in [0.4, 0.5) is 10.2 Å². The number of carbonyl (C=O) groups excluding carboxylic acids is 1.